The van der Waals surface area contributed by atoms with Crippen LogP contribution in [0, 0.1) is 6.92 Å². The van der Waals surface area contributed by atoms with Gasteiger partial charge in [-0.3, -0.25) is 4.68 Å². The van der Waals surface area contributed by atoms with Gasteiger partial charge >= 0.3 is 0 Å². The molecule has 0 aliphatic rings. The van der Waals surface area contributed by atoms with Crippen LogP contribution in [0.4, 0.5) is 0 Å². The molecule has 0 saturated carbocycles. The maximum absolute atomic E-state index is 4.41. The topological polar surface area (TPSA) is 60.6 Å². The van der Waals surface area contributed by atoms with Crippen molar-refractivity contribution in [3.05, 3.63) is 29.6 Å². The van der Waals surface area contributed by atoms with Gasteiger partial charge in [0.15, 0.2) is 0 Å². The normalized spacial score (nSPS) is 11.1. The molecule has 0 atom stereocenters. The molecule has 6 heteroatoms. The lowest BCUT2D eigenvalue weighted by Crippen LogP contribution is -2.12. The van der Waals surface area contributed by atoms with E-state index >= 15 is 0 Å². The van der Waals surface area contributed by atoms with E-state index in [1.54, 1.807) is 6.33 Å². The van der Waals surface area contributed by atoms with Gasteiger partial charge < -0.3 is 5.32 Å². The lowest BCUT2D eigenvalue weighted by atomic mass is 10.2. The second kappa shape index (κ2) is 5.77. The third-order valence-electron chi connectivity index (χ3n) is 2.99. The van der Waals surface area contributed by atoms with Gasteiger partial charge in [0.25, 0.3) is 0 Å². The fourth-order valence-corrected chi connectivity index (χ4v) is 1.95. The van der Waals surface area contributed by atoms with Gasteiger partial charge in [0.1, 0.15) is 18.7 Å². The first kappa shape index (κ1) is 12.8. The molecule has 6 nitrogen and oxygen atoms in total. The van der Waals surface area contributed by atoms with Crippen LogP contribution in [0.3, 0.4) is 0 Å². The van der Waals surface area contributed by atoms with Gasteiger partial charge in [0.05, 0.1) is 6.20 Å². The summed E-state index contributed by atoms with van der Waals surface area (Å²) in [6, 6.07) is 0. The highest BCUT2D eigenvalue weighted by molar-refractivity contribution is 5.16. The van der Waals surface area contributed by atoms with Crippen molar-refractivity contribution in [1.82, 2.24) is 29.9 Å². The molecule has 2 aromatic rings. The highest BCUT2D eigenvalue weighted by Gasteiger charge is 2.09. The fourth-order valence-electron chi connectivity index (χ4n) is 1.95. The minimum atomic E-state index is 0.676. The van der Waals surface area contributed by atoms with Gasteiger partial charge in [0.2, 0.25) is 0 Å². The van der Waals surface area contributed by atoms with E-state index < -0.39 is 0 Å². The summed E-state index contributed by atoms with van der Waals surface area (Å²) < 4.78 is 3.92. The Morgan fingerprint density at radius 1 is 1.28 bits per heavy atom. The molecule has 0 amide bonds. The quantitative estimate of drug-likeness (QED) is 0.827. The van der Waals surface area contributed by atoms with Crippen LogP contribution in [-0.4, -0.2) is 31.6 Å². The third-order valence-corrected chi connectivity index (χ3v) is 2.99. The number of hydrogen-bond donors (Lipinski definition) is 1. The molecule has 2 heterocycles. The minimum Gasteiger partial charge on any atom is -0.316 e. The molecule has 0 saturated heterocycles. The number of nitrogens with one attached hydrogen (secondary N) is 1. The van der Waals surface area contributed by atoms with Crippen LogP contribution in [0.25, 0.3) is 0 Å². The SMILES string of the molecule is CCCn1ncnc1Cn1ncc(CNC)c1C. The van der Waals surface area contributed by atoms with Crippen molar-refractivity contribution in [2.24, 2.45) is 0 Å². The Bertz CT molecular complexity index is 498. The van der Waals surface area contributed by atoms with Crippen LogP contribution in [-0.2, 0) is 19.6 Å². The van der Waals surface area contributed by atoms with Crippen molar-refractivity contribution in [1.29, 1.82) is 0 Å². The molecular weight excluding hydrogens is 228 g/mol. The lowest BCUT2D eigenvalue weighted by molar-refractivity contribution is 0.534. The first-order chi connectivity index (χ1) is 8.76. The van der Waals surface area contributed by atoms with E-state index in [4.69, 9.17) is 0 Å². The monoisotopic (exact) mass is 248 g/mol. The van der Waals surface area contributed by atoms with E-state index in [0.717, 1.165) is 25.3 Å². The summed E-state index contributed by atoms with van der Waals surface area (Å²) in [5, 5.41) is 11.8. The maximum Gasteiger partial charge on any atom is 0.148 e. The Labute approximate surface area is 107 Å². The first-order valence-electron chi connectivity index (χ1n) is 6.28. The molecular formula is C12H20N6. The van der Waals surface area contributed by atoms with E-state index in [1.807, 2.05) is 22.6 Å². The second-order valence-electron chi connectivity index (χ2n) is 4.34. The Morgan fingerprint density at radius 3 is 2.83 bits per heavy atom. The Balaban J connectivity index is 2.15. The predicted molar refractivity (Wildman–Crippen MR) is 69.1 cm³/mol. The summed E-state index contributed by atoms with van der Waals surface area (Å²) in [6.45, 7) is 6.64. The van der Waals surface area contributed by atoms with Gasteiger partial charge in [-0.25, -0.2) is 9.67 Å². The van der Waals surface area contributed by atoms with Crippen molar-refractivity contribution in [2.75, 3.05) is 7.05 Å². The standard InChI is InChI=1S/C12H20N6/c1-4-5-17-12(14-9-16-17)8-18-10(2)11(6-13-3)7-15-18/h7,9,13H,4-6,8H2,1-3H3. The molecule has 18 heavy (non-hydrogen) atoms. The highest BCUT2D eigenvalue weighted by Crippen LogP contribution is 2.09. The van der Waals surface area contributed by atoms with Crippen molar-refractivity contribution in [3.63, 3.8) is 0 Å². The zero-order chi connectivity index (χ0) is 13.0. The molecule has 2 aromatic heterocycles. The van der Waals surface area contributed by atoms with E-state index in [2.05, 4.69) is 34.3 Å². The number of nitrogens with zero attached hydrogens (tertiary/aromatic N) is 5. The van der Waals surface area contributed by atoms with Crippen LogP contribution in [0.5, 0.6) is 0 Å². The number of rotatable bonds is 6. The molecule has 2 rings (SSSR count). The molecule has 0 aliphatic carbocycles. The predicted octanol–water partition coefficient (Wildman–Crippen LogP) is 0.961. The summed E-state index contributed by atoms with van der Waals surface area (Å²) in [5.41, 5.74) is 2.40. The van der Waals surface area contributed by atoms with Gasteiger partial charge in [-0.2, -0.15) is 10.2 Å². The minimum absolute atomic E-state index is 0.676. The molecule has 0 radical (unpaired) electrons. The van der Waals surface area contributed by atoms with Crippen LogP contribution >= 0.6 is 0 Å². The largest absolute Gasteiger partial charge is 0.316 e. The smallest absolute Gasteiger partial charge is 0.148 e. The Kier molecular flexibility index (Phi) is 4.09. The zero-order valence-corrected chi connectivity index (χ0v) is 11.2. The summed E-state index contributed by atoms with van der Waals surface area (Å²) in [7, 11) is 1.94. The van der Waals surface area contributed by atoms with Crippen LogP contribution < -0.4 is 5.32 Å². The van der Waals surface area contributed by atoms with Gasteiger partial charge in [-0.1, -0.05) is 6.92 Å². The highest BCUT2D eigenvalue weighted by atomic mass is 15.4. The van der Waals surface area contributed by atoms with E-state index in [-0.39, 0.29) is 0 Å². The van der Waals surface area contributed by atoms with Crippen molar-refractivity contribution < 1.29 is 0 Å². The van der Waals surface area contributed by atoms with E-state index in [9.17, 15) is 0 Å². The molecule has 0 fully saturated rings. The molecule has 1 N–H and O–H groups in total. The Hall–Kier alpha value is -1.69. The molecule has 0 aromatic carbocycles. The maximum atomic E-state index is 4.41. The summed E-state index contributed by atoms with van der Waals surface area (Å²) in [5.74, 6) is 0.957. The molecule has 0 bridgehead atoms. The summed E-state index contributed by atoms with van der Waals surface area (Å²) in [6.07, 6.45) is 4.57. The lowest BCUT2D eigenvalue weighted by Gasteiger charge is -2.07. The number of hydrogen-bond acceptors (Lipinski definition) is 4. The summed E-state index contributed by atoms with van der Waals surface area (Å²) >= 11 is 0. The molecule has 0 aliphatic heterocycles. The average Bonchev–Trinajstić information content (AvgIpc) is 2.92. The molecule has 98 valence electrons. The van der Waals surface area contributed by atoms with Crippen LogP contribution in [0.15, 0.2) is 12.5 Å². The molecule has 0 unspecified atom stereocenters. The van der Waals surface area contributed by atoms with Crippen molar-refractivity contribution >= 4 is 0 Å². The fraction of sp³-hybridized carbons (Fsp3) is 0.583. The van der Waals surface area contributed by atoms with Crippen LogP contribution in [0.1, 0.15) is 30.4 Å². The zero-order valence-electron chi connectivity index (χ0n) is 11.2. The first-order valence-corrected chi connectivity index (χ1v) is 6.28. The van der Waals surface area contributed by atoms with Crippen molar-refractivity contribution in [3.8, 4) is 0 Å². The van der Waals surface area contributed by atoms with Gasteiger partial charge in [0, 0.05) is 24.3 Å². The van der Waals surface area contributed by atoms with Gasteiger partial charge in [-0.05, 0) is 20.4 Å². The van der Waals surface area contributed by atoms with E-state index in [1.165, 1.54) is 11.3 Å². The van der Waals surface area contributed by atoms with Crippen LogP contribution in [0.2, 0.25) is 0 Å². The average molecular weight is 248 g/mol. The molecule has 0 spiro atoms. The van der Waals surface area contributed by atoms with Gasteiger partial charge in [-0.15, -0.1) is 0 Å². The second-order valence-corrected chi connectivity index (χ2v) is 4.34. The number of aromatic nitrogens is 5. The number of aryl methyl sites for hydroxylation is 1. The third kappa shape index (κ3) is 2.59. The van der Waals surface area contributed by atoms with E-state index in [0.29, 0.717) is 6.54 Å². The van der Waals surface area contributed by atoms with Crippen molar-refractivity contribution in [2.45, 2.75) is 39.9 Å². The summed E-state index contributed by atoms with van der Waals surface area (Å²) in [4.78, 5) is 4.30. The Morgan fingerprint density at radius 2 is 2.11 bits per heavy atom.